The van der Waals surface area contributed by atoms with Crippen LogP contribution in [0.1, 0.15) is 46.0 Å². The van der Waals surface area contributed by atoms with Crippen molar-refractivity contribution in [2.75, 3.05) is 13.7 Å². The molecule has 2 heteroatoms. The Bertz CT molecular complexity index is 139. The minimum absolute atomic E-state index is 0.521. The fraction of sp³-hybridized carbons (Fsp3) is 1.00. The molecule has 0 aromatic heterocycles. The highest BCUT2D eigenvalue weighted by Crippen LogP contribution is 2.23. The van der Waals surface area contributed by atoms with Crippen LogP contribution in [0.4, 0.5) is 0 Å². The highest BCUT2D eigenvalue weighted by atomic mass is 16.5. The van der Waals surface area contributed by atoms with E-state index < -0.39 is 0 Å². The summed E-state index contributed by atoms with van der Waals surface area (Å²) in [4.78, 5) is 0. The molecular formula is C12H25NO. The smallest absolute Gasteiger partial charge is 0.0590 e. The molecule has 1 aliphatic heterocycles. The summed E-state index contributed by atoms with van der Waals surface area (Å²) in [5.74, 6) is 0.809. The molecule has 0 radical (unpaired) electrons. The van der Waals surface area contributed by atoms with Crippen molar-refractivity contribution in [1.29, 1.82) is 0 Å². The Kier molecular flexibility index (Phi) is 5.49. The van der Waals surface area contributed by atoms with E-state index in [1.807, 2.05) is 0 Å². The zero-order chi connectivity index (χ0) is 10.4. The van der Waals surface area contributed by atoms with E-state index in [4.69, 9.17) is 4.74 Å². The minimum Gasteiger partial charge on any atom is -0.378 e. The van der Waals surface area contributed by atoms with Gasteiger partial charge in [-0.1, -0.05) is 26.7 Å². The first-order valence-corrected chi connectivity index (χ1v) is 6.10. The molecule has 0 aromatic carbocycles. The SMILES string of the molecule is CCC(CC)C(CC1CCCO1)NC. The number of ether oxygens (including phenoxy) is 1. The quantitative estimate of drug-likeness (QED) is 0.710. The van der Waals surface area contributed by atoms with Gasteiger partial charge in [-0.2, -0.15) is 0 Å². The fourth-order valence-corrected chi connectivity index (χ4v) is 2.52. The Hall–Kier alpha value is -0.0800. The van der Waals surface area contributed by atoms with Crippen molar-refractivity contribution in [2.24, 2.45) is 5.92 Å². The molecule has 1 rings (SSSR count). The molecule has 0 aromatic rings. The molecule has 1 N–H and O–H groups in total. The summed E-state index contributed by atoms with van der Waals surface area (Å²) in [6, 6.07) is 0.646. The Balaban J connectivity index is 2.35. The first kappa shape index (κ1) is 12.0. The van der Waals surface area contributed by atoms with Crippen molar-refractivity contribution in [2.45, 2.75) is 58.1 Å². The molecule has 0 bridgehead atoms. The van der Waals surface area contributed by atoms with Crippen molar-refractivity contribution in [3.63, 3.8) is 0 Å². The topological polar surface area (TPSA) is 21.3 Å². The zero-order valence-electron chi connectivity index (χ0n) is 9.88. The zero-order valence-corrected chi connectivity index (χ0v) is 9.88. The minimum atomic E-state index is 0.521. The average Bonchev–Trinajstić information content (AvgIpc) is 2.70. The van der Waals surface area contributed by atoms with Crippen molar-refractivity contribution < 1.29 is 4.74 Å². The molecule has 84 valence electrons. The lowest BCUT2D eigenvalue weighted by molar-refractivity contribution is 0.0871. The van der Waals surface area contributed by atoms with Gasteiger partial charge in [-0.05, 0) is 32.2 Å². The van der Waals surface area contributed by atoms with Crippen molar-refractivity contribution in [1.82, 2.24) is 5.32 Å². The second kappa shape index (κ2) is 6.41. The molecule has 0 amide bonds. The van der Waals surface area contributed by atoms with Crippen LogP contribution in [0.5, 0.6) is 0 Å². The standard InChI is InChI=1S/C12H25NO/c1-4-10(5-2)12(13-3)9-11-7-6-8-14-11/h10-13H,4-9H2,1-3H3. The van der Waals surface area contributed by atoms with Gasteiger partial charge in [-0.25, -0.2) is 0 Å². The normalized spacial score (nSPS) is 24.4. The molecule has 1 fully saturated rings. The molecule has 2 unspecified atom stereocenters. The summed E-state index contributed by atoms with van der Waals surface area (Å²) in [5, 5.41) is 3.45. The van der Waals surface area contributed by atoms with Gasteiger partial charge in [0, 0.05) is 12.6 Å². The number of rotatable bonds is 6. The Labute approximate surface area is 88.4 Å². The molecule has 0 aliphatic carbocycles. The predicted octanol–water partition coefficient (Wildman–Crippen LogP) is 2.58. The highest BCUT2D eigenvalue weighted by Gasteiger charge is 2.23. The van der Waals surface area contributed by atoms with Gasteiger partial charge in [0.1, 0.15) is 0 Å². The molecule has 14 heavy (non-hydrogen) atoms. The fourth-order valence-electron chi connectivity index (χ4n) is 2.52. The largest absolute Gasteiger partial charge is 0.378 e. The third-order valence-electron chi connectivity index (χ3n) is 3.53. The van der Waals surface area contributed by atoms with Gasteiger partial charge < -0.3 is 10.1 Å². The molecule has 1 saturated heterocycles. The van der Waals surface area contributed by atoms with Gasteiger partial charge in [-0.15, -0.1) is 0 Å². The number of hydrogen-bond donors (Lipinski definition) is 1. The summed E-state index contributed by atoms with van der Waals surface area (Å²) in [5.41, 5.74) is 0. The van der Waals surface area contributed by atoms with Crippen molar-refractivity contribution in [3.05, 3.63) is 0 Å². The first-order valence-electron chi connectivity index (χ1n) is 6.10. The number of nitrogens with one attached hydrogen (secondary N) is 1. The van der Waals surface area contributed by atoms with E-state index in [1.54, 1.807) is 0 Å². The van der Waals surface area contributed by atoms with E-state index in [0.717, 1.165) is 12.5 Å². The lowest BCUT2D eigenvalue weighted by Crippen LogP contribution is -2.36. The van der Waals surface area contributed by atoms with Gasteiger partial charge in [0.2, 0.25) is 0 Å². The van der Waals surface area contributed by atoms with Gasteiger partial charge in [0.15, 0.2) is 0 Å². The van der Waals surface area contributed by atoms with E-state index in [1.165, 1.54) is 32.1 Å². The Morgan fingerprint density at radius 3 is 2.50 bits per heavy atom. The average molecular weight is 199 g/mol. The molecule has 1 aliphatic rings. The third kappa shape index (κ3) is 3.25. The summed E-state index contributed by atoms with van der Waals surface area (Å²) in [6.45, 7) is 5.55. The second-order valence-corrected chi connectivity index (χ2v) is 4.34. The van der Waals surface area contributed by atoms with Crippen LogP contribution in [0.15, 0.2) is 0 Å². The van der Waals surface area contributed by atoms with Crippen molar-refractivity contribution >= 4 is 0 Å². The van der Waals surface area contributed by atoms with Gasteiger partial charge >= 0.3 is 0 Å². The van der Waals surface area contributed by atoms with Gasteiger partial charge in [0.05, 0.1) is 6.10 Å². The van der Waals surface area contributed by atoms with Crippen LogP contribution in [0.3, 0.4) is 0 Å². The van der Waals surface area contributed by atoms with E-state index in [0.29, 0.717) is 12.1 Å². The maximum Gasteiger partial charge on any atom is 0.0590 e. The van der Waals surface area contributed by atoms with Crippen LogP contribution in [0, 0.1) is 5.92 Å². The summed E-state index contributed by atoms with van der Waals surface area (Å²) in [7, 11) is 2.08. The van der Waals surface area contributed by atoms with Crippen LogP contribution in [-0.4, -0.2) is 25.8 Å². The molecule has 1 heterocycles. The Morgan fingerprint density at radius 2 is 2.07 bits per heavy atom. The Morgan fingerprint density at radius 1 is 1.36 bits per heavy atom. The van der Waals surface area contributed by atoms with Crippen LogP contribution in [0.2, 0.25) is 0 Å². The second-order valence-electron chi connectivity index (χ2n) is 4.34. The molecule has 2 nitrogen and oxygen atoms in total. The van der Waals surface area contributed by atoms with Crippen LogP contribution in [0.25, 0.3) is 0 Å². The molecular weight excluding hydrogens is 174 g/mol. The molecule has 2 atom stereocenters. The van der Waals surface area contributed by atoms with Crippen molar-refractivity contribution in [3.8, 4) is 0 Å². The monoisotopic (exact) mass is 199 g/mol. The summed E-state index contributed by atoms with van der Waals surface area (Å²) >= 11 is 0. The van der Waals surface area contributed by atoms with Crippen LogP contribution >= 0.6 is 0 Å². The van der Waals surface area contributed by atoms with E-state index in [9.17, 15) is 0 Å². The summed E-state index contributed by atoms with van der Waals surface area (Å²) in [6.07, 6.45) is 6.78. The predicted molar refractivity (Wildman–Crippen MR) is 60.5 cm³/mol. The number of hydrogen-bond acceptors (Lipinski definition) is 2. The maximum absolute atomic E-state index is 5.68. The van der Waals surface area contributed by atoms with E-state index in [2.05, 4.69) is 26.2 Å². The summed E-state index contributed by atoms with van der Waals surface area (Å²) < 4.78 is 5.68. The van der Waals surface area contributed by atoms with Crippen LogP contribution in [-0.2, 0) is 4.74 Å². The highest BCUT2D eigenvalue weighted by molar-refractivity contribution is 4.79. The molecule has 0 saturated carbocycles. The van der Waals surface area contributed by atoms with E-state index in [-0.39, 0.29) is 0 Å². The molecule has 0 spiro atoms. The maximum atomic E-state index is 5.68. The third-order valence-corrected chi connectivity index (χ3v) is 3.53. The van der Waals surface area contributed by atoms with Crippen LogP contribution < -0.4 is 5.32 Å². The first-order chi connectivity index (χ1) is 6.81. The van der Waals surface area contributed by atoms with Gasteiger partial charge in [-0.3, -0.25) is 0 Å². The van der Waals surface area contributed by atoms with E-state index >= 15 is 0 Å². The lowest BCUT2D eigenvalue weighted by atomic mass is 9.90. The van der Waals surface area contributed by atoms with Gasteiger partial charge in [0.25, 0.3) is 0 Å². The lowest BCUT2D eigenvalue weighted by Gasteiger charge is -2.27.